The van der Waals surface area contributed by atoms with E-state index in [1.54, 1.807) is 39.2 Å². The first-order chi connectivity index (χ1) is 16.4. The lowest BCUT2D eigenvalue weighted by atomic mass is 10.0. The number of fused-ring (bicyclic) bond motifs is 2. The van der Waals surface area contributed by atoms with Gasteiger partial charge in [-0.1, -0.05) is 0 Å². The van der Waals surface area contributed by atoms with E-state index < -0.39 is 11.7 Å². The second kappa shape index (κ2) is 12.2. The highest BCUT2D eigenvalue weighted by Crippen LogP contribution is 2.24. The Morgan fingerprint density at radius 3 is 1.86 bits per heavy atom. The van der Waals surface area contributed by atoms with E-state index in [-0.39, 0.29) is 36.1 Å². The van der Waals surface area contributed by atoms with E-state index in [1.807, 2.05) is 13.8 Å². The maximum Gasteiger partial charge on any atom is 0.407 e. The zero-order chi connectivity index (χ0) is 25.8. The van der Waals surface area contributed by atoms with Gasteiger partial charge in [0, 0.05) is 28.4 Å². The number of amides is 1. The Morgan fingerprint density at radius 2 is 1.42 bits per heavy atom. The molecule has 6 nitrogen and oxygen atoms in total. The molecule has 0 radical (unpaired) electrons. The SMILES string of the molecule is C[C@@H](N)Cc1cc(F)cc2ccoc12.C[C@H](Cc1cc(F)cc2ccoc12)NC(=O)OC(C)(C)C.Cl. The molecule has 2 atom stereocenters. The Bertz CT molecular complexity index is 1290. The van der Waals surface area contributed by atoms with Gasteiger partial charge in [-0.3, -0.25) is 0 Å². The van der Waals surface area contributed by atoms with Gasteiger partial charge >= 0.3 is 6.09 Å². The van der Waals surface area contributed by atoms with Crippen molar-refractivity contribution in [2.24, 2.45) is 5.73 Å². The van der Waals surface area contributed by atoms with E-state index in [0.717, 1.165) is 27.5 Å². The van der Waals surface area contributed by atoms with Crippen molar-refractivity contribution in [2.45, 2.75) is 65.1 Å². The van der Waals surface area contributed by atoms with Gasteiger partial charge in [0.25, 0.3) is 0 Å². The summed E-state index contributed by atoms with van der Waals surface area (Å²) in [6.45, 7) is 9.13. The molecule has 0 fully saturated rings. The third-order valence-corrected chi connectivity index (χ3v) is 5.02. The maximum absolute atomic E-state index is 13.6. The molecule has 0 saturated carbocycles. The molecule has 4 rings (SSSR count). The second-order valence-corrected chi connectivity index (χ2v) is 9.74. The molecular weight excluding hydrogens is 490 g/mol. The minimum absolute atomic E-state index is 0. The summed E-state index contributed by atoms with van der Waals surface area (Å²) in [4.78, 5) is 11.7. The van der Waals surface area contributed by atoms with Crippen molar-refractivity contribution in [3.8, 4) is 0 Å². The largest absolute Gasteiger partial charge is 0.464 e. The van der Waals surface area contributed by atoms with Crippen LogP contribution in [0, 0.1) is 11.6 Å². The summed E-state index contributed by atoms with van der Waals surface area (Å²) < 4.78 is 42.6. The number of alkyl carbamates (subject to hydrolysis) is 1. The van der Waals surface area contributed by atoms with Crippen LogP contribution >= 0.6 is 12.4 Å². The normalized spacial score (nSPS) is 12.9. The lowest BCUT2D eigenvalue weighted by Gasteiger charge is -2.22. The van der Waals surface area contributed by atoms with Gasteiger partial charge in [0.2, 0.25) is 0 Å². The van der Waals surface area contributed by atoms with Gasteiger partial charge in [-0.15, -0.1) is 12.4 Å². The Morgan fingerprint density at radius 1 is 0.944 bits per heavy atom. The average Bonchev–Trinajstić information content (AvgIpc) is 3.35. The van der Waals surface area contributed by atoms with E-state index in [9.17, 15) is 13.6 Å². The smallest absolute Gasteiger partial charge is 0.407 e. The molecule has 196 valence electrons. The van der Waals surface area contributed by atoms with Gasteiger partial charge in [-0.2, -0.15) is 0 Å². The number of nitrogens with one attached hydrogen (secondary N) is 1. The van der Waals surface area contributed by atoms with E-state index in [4.69, 9.17) is 19.3 Å². The third kappa shape index (κ3) is 8.24. The maximum atomic E-state index is 13.6. The van der Waals surface area contributed by atoms with Crippen LogP contribution in [0.1, 0.15) is 45.7 Å². The predicted octanol–water partition coefficient (Wildman–Crippen LogP) is 6.91. The second-order valence-electron chi connectivity index (χ2n) is 9.74. The third-order valence-electron chi connectivity index (χ3n) is 5.02. The summed E-state index contributed by atoms with van der Waals surface area (Å²) in [7, 11) is 0. The molecular formula is C27H33ClF2N2O4. The topological polar surface area (TPSA) is 90.6 Å². The highest BCUT2D eigenvalue weighted by molar-refractivity contribution is 5.85. The molecule has 2 aromatic carbocycles. The summed E-state index contributed by atoms with van der Waals surface area (Å²) in [6.07, 6.45) is 3.69. The van der Waals surface area contributed by atoms with Gasteiger partial charge in [0.15, 0.2) is 0 Å². The Balaban J connectivity index is 0.000000265. The first kappa shape index (κ1) is 29.1. The number of hydrogen-bond donors (Lipinski definition) is 2. The Labute approximate surface area is 215 Å². The molecule has 0 saturated heterocycles. The van der Waals surface area contributed by atoms with Crippen LogP contribution in [0.2, 0.25) is 0 Å². The quantitative estimate of drug-likeness (QED) is 0.297. The molecule has 0 bridgehead atoms. The zero-order valence-electron chi connectivity index (χ0n) is 21.1. The molecule has 2 heterocycles. The van der Waals surface area contributed by atoms with Crippen LogP contribution in [-0.4, -0.2) is 23.8 Å². The van der Waals surface area contributed by atoms with Crippen molar-refractivity contribution in [2.75, 3.05) is 0 Å². The van der Waals surface area contributed by atoms with E-state index in [2.05, 4.69) is 5.32 Å². The molecule has 0 spiro atoms. The first-order valence-electron chi connectivity index (χ1n) is 11.5. The number of benzene rings is 2. The summed E-state index contributed by atoms with van der Waals surface area (Å²) in [5.74, 6) is -0.557. The molecule has 9 heteroatoms. The number of halogens is 3. The Kier molecular flexibility index (Phi) is 9.90. The van der Waals surface area contributed by atoms with Crippen LogP contribution in [0.3, 0.4) is 0 Å². The van der Waals surface area contributed by atoms with Crippen molar-refractivity contribution in [3.63, 3.8) is 0 Å². The van der Waals surface area contributed by atoms with E-state index >= 15 is 0 Å². The number of nitrogens with two attached hydrogens (primary N) is 1. The average molecular weight is 523 g/mol. The van der Waals surface area contributed by atoms with Crippen LogP contribution < -0.4 is 11.1 Å². The van der Waals surface area contributed by atoms with Crippen molar-refractivity contribution < 1.29 is 27.1 Å². The van der Waals surface area contributed by atoms with Crippen molar-refractivity contribution >= 4 is 40.4 Å². The van der Waals surface area contributed by atoms with Gasteiger partial charge in [0.05, 0.1) is 12.5 Å². The molecule has 36 heavy (non-hydrogen) atoms. The van der Waals surface area contributed by atoms with Crippen LogP contribution in [-0.2, 0) is 17.6 Å². The molecule has 4 aromatic rings. The van der Waals surface area contributed by atoms with E-state index in [0.29, 0.717) is 18.4 Å². The van der Waals surface area contributed by atoms with Crippen molar-refractivity contribution in [1.29, 1.82) is 0 Å². The molecule has 2 aromatic heterocycles. The van der Waals surface area contributed by atoms with E-state index in [1.165, 1.54) is 30.5 Å². The fourth-order valence-electron chi connectivity index (χ4n) is 3.77. The number of furan rings is 2. The van der Waals surface area contributed by atoms with Crippen molar-refractivity contribution in [1.82, 2.24) is 5.32 Å². The molecule has 0 aliphatic heterocycles. The highest BCUT2D eigenvalue weighted by atomic mass is 35.5. The summed E-state index contributed by atoms with van der Waals surface area (Å²) in [5.41, 5.74) is 8.07. The summed E-state index contributed by atoms with van der Waals surface area (Å²) in [6, 6.07) is 9.07. The minimum atomic E-state index is -0.545. The molecule has 3 N–H and O–H groups in total. The van der Waals surface area contributed by atoms with Crippen LogP contribution in [0.5, 0.6) is 0 Å². The van der Waals surface area contributed by atoms with Gasteiger partial charge < -0.3 is 24.6 Å². The molecule has 0 aliphatic carbocycles. The van der Waals surface area contributed by atoms with Gasteiger partial charge in [-0.05, 0) is 89.4 Å². The molecule has 1 amide bonds. The fraction of sp³-hybridized carbons (Fsp3) is 0.370. The summed E-state index contributed by atoms with van der Waals surface area (Å²) in [5, 5.41) is 4.25. The Hall–Kier alpha value is -3.10. The number of hydrogen-bond acceptors (Lipinski definition) is 5. The molecule has 0 unspecified atom stereocenters. The predicted molar refractivity (Wildman–Crippen MR) is 139 cm³/mol. The number of ether oxygens (including phenoxy) is 1. The van der Waals surface area contributed by atoms with Crippen LogP contribution in [0.25, 0.3) is 21.9 Å². The lowest BCUT2D eigenvalue weighted by Crippen LogP contribution is -2.38. The first-order valence-corrected chi connectivity index (χ1v) is 11.5. The van der Waals surface area contributed by atoms with Gasteiger partial charge in [0.1, 0.15) is 28.4 Å². The zero-order valence-corrected chi connectivity index (χ0v) is 21.9. The van der Waals surface area contributed by atoms with Crippen LogP contribution in [0.15, 0.2) is 57.8 Å². The summed E-state index contributed by atoms with van der Waals surface area (Å²) >= 11 is 0. The number of rotatable bonds is 5. The standard InChI is InChI=1S/C16H20FNO3.C11H12FNO.ClH/c1-10(18-15(19)21-16(2,3)4)7-12-9-13(17)8-11-5-6-20-14(11)12;1-7(13)4-9-6-10(12)5-8-2-3-14-11(8)9;/h5-6,8-10H,7H2,1-4H3,(H,18,19);2-3,5-7H,4,13H2,1H3;1H/t10-;7-;/m11./s1. The van der Waals surface area contributed by atoms with Crippen LogP contribution in [0.4, 0.5) is 13.6 Å². The fourth-order valence-corrected chi connectivity index (χ4v) is 3.77. The molecule has 0 aliphatic rings. The number of carbonyl (C=O) groups excluding carboxylic acids is 1. The number of carbonyl (C=O) groups is 1. The lowest BCUT2D eigenvalue weighted by molar-refractivity contribution is 0.0508. The highest BCUT2D eigenvalue weighted by Gasteiger charge is 2.19. The van der Waals surface area contributed by atoms with Gasteiger partial charge in [-0.25, -0.2) is 13.6 Å². The minimum Gasteiger partial charge on any atom is -0.464 e. The monoisotopic (exact) mass is 522 g/mol. The van der Waals surface area contributed by atoms with Crippen molar-refractivity contribution in [3.05, 3.63) is 71.7 Å².